The number of ether oxygens (including phenoxy) is 1. The van der Waals surface area contributed by atoms with Crippen molar-refractivity contribution in [3.05, 3.63) is 12.2 Å². The normalized spacial score (nSPS) is 27.6. The van der Waals surface area contributed by atoms with Crippen LogP contribution in [0.25, 0.3) is 0 Å². The van der Waals surface area contributed by atoms with E-state index in [2.05, 4.69) is 32.7 Å². The van der Waals surface area contributed by atoms with Gasteiger partial charge in [-0.15, -0.1) is 0 Å². The van der Waals surface area contributed by atoms with E-state index in [1.54, 1.807) is 0 Å². The Morgan fingerprint density at radius 2 is 1.95 bits per heavy atom. The van der Waals surface area contributed by atoms with Crippen LogP contribution in [0.3, 0.4) is 0 Å². The van der Waals surface area contributed by atoms with Gasteiger partial charge in [-0.2, -0.15) is 0 Å². The lowest BCUT2D eigenvalue weighted by molar-refractivity contribution is 0.103. The molecule has 3 nitrogen and oxygen atoms in total. The highest BCUT2D eigenvalue weighted by atomic mass is 16.5. The average Bonchev–Trinajstić information content (AvgIpc) is 2.37. The van der Waals surface area contributed by atoms with Gasteiger partial charge < -0.3 is 15.8 Å². The van der Waals surface area contributed by atoms with Gasteiger partial charge in [-0.1, -0.05) is 32.9 Å². The van der Waals surface area contributed by atoms with Gasteiger partial charge >= 0.3 is 0 Å². The average molecular weight is 282 g/mol. The molecule has 1 rings (SSSR count). The Hall–Kier alpha value is -0.380. The molecule has 0 amide bonds. The molecule has 0 heterocycles. The summed E-state index contributed by atoms with van der Waals surface area (Å²) >= 11 is 0. The summed E-state index contributed by atoms with van der Waals surface area (Å²) < 4.78 is 5.55. The van der Waals surface area contributed by atoms with Crippen LogP contribution in [0.5, 0.6) is 0 Å². The maximum absolute atomic E-state index is 6.04. The van der Waals surface area contributed by atoms with E-state index in [1.165, 1.54) is 25.7 Å². The zero-order valence-electron chi connectivity index (χ0n) is 13.9. The molecule has 3 N–H and O–H groups in total. The summed E-state index contributed by atoms with van der Waals surface area (Å²) in [5.74, 6) is 0.823. The highest BCUT2D eigenvalue weighted by molar-refractivity contribution is 4.96. The fourth-order valence-corrected chi connectivity index (χ4v) is 3.12. The Morgan fingerprint density at radius 3 is 2.40 bits per heavy atom. The zero-order valence-corrected chi connectivity index (χ0v) is 13.9. The van der Waals surface area contributed by atoms with Crippen molar-refractivity contribution in [1.29, 1.82) is 0 Å². The molecule has 20 heavy (non-hydrogen) atoms. The quantitative estimate of drug-likeness (QED) is 0.557. The van der Waals surface area contributed by atoms with Crippen LogP contribution in [-0.4, -0.2) is 31.8 Å². The van der Waals surface area contributed by atoms with Gasteiger partial charge in [0.25, 0.3) is 0 Å². The number of nitrogens with two attached hydrogens (primary N) is 1. The maximum Gasteiger partial charge on any atom is 0.0672 e. The van der Waals surface area contributed by atoms with Crippen molar-refractivity contribution in [2.45, 2.75) is 58.9 Å². The van der Waals surface area contributed by atoms with E-state index in [0.717, 1.165) is 31.2 Å². The Balaban J connectivity index is 2.33. The predicted octanol–water partition coefficient (Wildman–Crippen LogP) is 3.10. The van der Waals surface area contributed by atoms with Crippen LogP contribution in [0.4, 0.5) is 0 Å². The Morgan fingerprint density at radius 1 is 1.35 bits per heavy atom. The SMILES string of the molecule is C=C(C)COCCNC1(CN)CCC(C(C)(C)C)CC1. The Labute approximate surface area is 125 Å². The summed E-state index contributed by atoms with van der Waals surface area (Å²) in [5.41, 5.74) is 7.67. The van der Waals surface area contributed by atoms with Crippen molar-refractivity contribution < 1.29 is 4.74 Å². The molecule has 0 spiro atoms. The topological polar surface area (TPSA) is 47.3 Å². The summed E-state index contributed by atoms with van der Waals surface area (Å²) in [4.78, 5) is 0. The fraction of sp³-hybridized carbons (Fsp3) is 0.882. The van der Waals surface area contributed by atoms with Crippen LogP contribution in [0, 0.1) is 11.3 Å². The van der Waals surface area contributed by atoms with Crippen molar-refractivity contribution in [2.24, 2.45) is 17.1 Å². The second-order valence-electron chi connectivity index (χ2n) is 7.56. The molecule has 0 unspecified atom stereocenters. The van der Waals surface area contributed by atoms with Gasteiger partial charge in [0.1, 0.15) is 0 Å². The van der Waals surface area contributed by atoms with Crippen LogP contribution >= 0.6 is 0 Å². The van der Waals surface area contributed by atoms with E-state index >= 15 is 0 Å². The van der Waals surface area contributed by atoms with E-state index < -0.39 is 0 Å². The lowest BCUT2D eigenvalue weighted by atomic mass is 9.67. The van der Waals surface area contributed by atoms with Gasteiger partial charge in [-0.3, -0.25) is 0 Å². The monoisotopic (exact) mass is 282 g/mol. The first kappa shape index (κ1) is 17.7. The molecule has 0 saturated heterocycles. The van der Waals surface area contributed by atoms with Crippen molar-refractivity contribution in [1.82, 2.24) is 5.32 Å². The predicted molar refractivity (Wildman–Crippen MR) is 86.8 cm³/mol. The molecule has 1 saturated carbocycles. The first-order valence-corrected chi connectivity index (χ1v) is 7.96. The van der Waals surface area contributed by atoms with Crippen molar-refractivity contribution >= 4 is 0 Å². The van der Waals surface area contributed by atoms with Crippen LogP contribution in [0.1, 0.15) is 53.4 Å². The highest BCUT2D eigenvalue weighted by Crippen LogP contribution is 2.41. The summed E-state index contributed by atoms with van der Waals surface area (Å²) in [5, 5.41) is 3.65. The second-order valence-corrected chi connectivity index (χ2v) is 7.56. The lowest BCUT2D eigenvalue weighted by Gasteiger charge is -2.44. The Kier molecular flexibility index (Phi) is 6.70. The summed E-state index contributed by atoms with van der Waals surface area (Å²) in [6.45, 7) is 15.9. The molecule has 118 valence electrons. The summed E-state index contributed by atoms with van der Waals surface area (Å²) in [6, 6.07) is 0. The van der Waals surface area contributed by atoms with Crippen LogP contribution < -0.4 is 11.1 Å². The number of nitrogens with one attached hydrogen (secondary N) is 1. The van der Waals surface area contributed by atoms with Crippen LogP contribution in [0.15, 0.2) is 12.2 Å². The number of rotatable bonds is 7. The molecule has 3 heteroatoms. The maximum atomic E-state index is 6.04. The van der Waals surface area contributed by atoms with E-state index in [0.29, 0.717) is 12.0 Å². The van der Waals surface area contributed by atoms with Gasteiger partial charge in [-0.25, -0.2) is 0 Å². The van der Waals surface area contributed by atoms with Gasteiger partial charge in [0, 0.05) is 18.6 Å². The molecule has 0 aromatic rings. The van der Waals surface area contributed by atoms with Crippen LogP contribution in [-0.2, 0) is 4.74 Å². The standard InChI is InChI=1S/C17H34N2O/c1-14(2)12-20-11-10-19-17(13-18)8-6-15(7-9-17)16(3,4)5/h15,19H,1,6-13,18H2,2-5H3. The molecule has 0 bridgehead atoms. The molecular weight excluding hydrogens is 248 g/mol. The van der Waals surface area contributed by atoms with E-state index in [9.17, 15) is 0 Å². The molecule has 1 fully saturated rings. The molecule has 0 atom stereocenters. The number of hydrogen-bond acceptors (Lipinski definition) is 3. The smallest absolute Gasteiger partial charge is 0.0672 e. The van der Waals surface area contributed by atoms with Gasteiger partial charge in [0.2, 0.25) is 0 Å². The third kappa shape index (κ3) is 5.55. The first-order valence-electron chi connectivity index (χ1n) is 7.96. The molecule has 0 aromatic carbocycles. The molecule has 0 radical (unpaired) electrons. The van der Waals surface area contributed by atoms with Gasteiger partial charge in [0.15, 0.2) is 0 Å². The zero-order chi connectivity index (χ0) is 15.2. The molecule has 0 aliphatic heterocycles. The van der Waals surface area contributed by atoms with Crippen molar-refractivity contribution in [3.63, 3.8) is 0 Å². The van der Waals surface area contributed by atoms with Gasteiger partial charge in [-0.05, 0) is 43.9 Å². The highest BCUT2D eigenvalue weighted by Gasteiger charge is 2.37. The molecular formula is C17H34N2O. The van der Waals surface area contributed by atoms with Crippen molar-refractivity contribution in [3.8, 4) is 0 Å². The molecule has 0 aromatic heterocycles. The first-order chi connectivity index (χ1) is 9.29. The third-order valence-electron chi connectivity index (χ3n) is 4.65. The van der Waals surface area contributed by atoms with E-state index in [-0.39, 0.29) is 5.54 Å². The second kappa shape index (κ2) is 7.58. The Bertz CT molecular complexity index is 299. The molecule has 1 aliphatic carbocycles. The lowest BCUT2D eigenvalue weighted by Crippen LogP contribution is -2.54. The minimum atomic E-state index is 0.133. The van der Waals surface area contributed by atoms with E-state index in [4.69, 9.17) is 10.5 Å². The minimum absolute atomic E-state index is 0.133. The third-order valence-corrected chi connectivity index (χ3v) is 4.65. The minimum Gasteiger partial charge on any atom is -0.376 e. The fourth-order valence-electron chi connectivity index (χ4n) is 3.12. The van der Waals surface area contributed by atoms with Crippen molar-refractivity contribution in [2.75, 3.05) is 26.3 Å². The largest absolute Gasteiger partial charge is 0.376 e. The van der Waals surface area contributed by atoms with Crippen LogP contribution in [0.2, 0.25) is 0 Å². The summed E-state index contributed by atoms with van der Waals surface area (Å²) in [6.07, 6.45) is 4.93. The van der Waals surface area contributed by atoms with E-state index in [1.807, 2.05) is 6.92 Å². The van der Waals surface area contributed by atoms with Gasteiger partial charge in [0.05, 0.1) is 13.2 Å². The molecule has 1 aliphatic rings. The number of hydrogen-bond donors (Lipinski definition) is 2. The summed E-state index contributed by atoms with van der Waals surface area (Å²) in [7, 11) is 0.